The molecule has 3 rings (SSSR count). The van der Waals surface area contributed by atoms with E-state index < -0.39 is 30.2 Å². The van der Waals surface area contributed by atoms with E-state index in [9.17, 15) is 25.4 Å². The van der Waals surface area contributed by atoms with Crippen molar-refractivity contribution >= 4 is 18.9 Å². The van der Waals surface area contributed by atoms with Gasteiger partial charge in [-0.1, -0.05) is 72.3 Å². The number of rotatable bonds is 5. The molecule has 0 amide bonds. The zero-order valence-electron chi connectivity index (χ0n) is 14.0. The number of hydrogen-bond donors (Lipinski definition) is 5. The summed E-state index contributed by atoms with van der Waals surface area (Å²) >= 11 is 6.27. The predicted octanol–water partition coefficient (Wildman–Crippen LogP) is 2.73. The van der Waals surface area contributed by atoms with E-state index in [2.05, 4.69) is 0 Å². The molecule has 0 fully saturated rings. The summed E-state index contributed by atoms with van der Waals surface area (Å²) in [5, 5.41) is 49.0. The van der Waals surface area contributed by atoms with Gasteiger partial charge in [0, 0.05) is 5.56 Å². The zero-order valence-corrected chi connectivity index (χ0v) is 14.7. The van der Waals surface area contributed by atoms with Crippen molar-refractivity contribution in [3.63, 3.8) is 0 Å². The minimum Gasteiger partial charge on any atom is -0.504 e. The maximum atomic E-state index is 10.1. The van der Waals surface area contributed by atoms with Gasteiger partial charge in [0.25, 0.3) is 0 Å². The summed E-state index contributed by atoms with van der Waals surface area (Å²) in [5.41, 5.74) is -0.773. The zero-order chi connectivity index (χ0) is 19.6. The van der Waals surface area contributed by atoms with E-state index in [0.29, 0.717) is 11.1 Å². The highest BCUT2D eigenvalue weighted by molar-refractivity contribution is 6.34. The molecule has 0 radical (unpaired) electrons. The summed E-state index contributed by atoms with van der Waals surface area (Å²) in [6, 6.07) is 18.2. The molecule has 8 heteroatoms. The van der Waals surface area contributed by atoms with Crippen molar-refractivity contribution in [3.8, 4) is 17.2 Å². The maximum absolute atomic E-state index is 10.1. The average Bonchev–Trinajstić information content (AvgIpc) is 2.68. The first kappa shape index (κ1) is 19.1. The van der Waals surface area contributed by atoms with Crippen LogP contribution in [0.5, 0.6) is 17.2 Å². The number of benzene rings is 3. The van der Waals surface area contributed by atoms with Crippen molar-refractivity contribution in [2.75, 3.05) is 0 Å². The number of phenols is 3. The second-order valence-electron chi connectivity index (χ2n) is 5.81. The van der Waals surface area contributed by atoms with Crippen molar-refractivity contribution in [1.82, 2.24) is 0 Å². The van der Waals surface area contributed by atoms with E-state index in [0.717, 1.165) is 6.07 Å². The van der Waals surface area contributed by atoms with Crippen LogP contribution in [0.4, 0.5) is 0 Å². The lowest BCUT2D eigenvalue weighted by Gasteiger charge is -2.36. The molecule has 0 unspecified atom stereocenters. The molecule has 0 aromatic heterocycles. The molecule has 0 spiro atoms. The van der Waals surface area contributed by atoms with Crippen LogP contribution in [0.25, 0.3) is 0 Å². The van der Waals surface area contributed by atoms with Crippen LogP contribution < -0.4 is 0 Å². The van der Waals surface area contributed by atoms with Crippen LogP contribution in [0.1, 0.15) is 16.7 Å². The van der Waals surface area contributed by atoms with Crippen molar-refractivity contribution in [3.05, 3.63) is 88.4 Å². The number of phenolic OH excluding ortho intramolecular Hbond substituents is 3. The standard InChI is InChI=1S/C19H16BClO6/c21-16-14(11-15(22)17(23)18(16)24)19(27-20(25)26,12-7-3-1-4-8-12)13-9-5-2-6-10-13/h1-11,22-26H. The summed E-state index contributed by atoms with van der Waals surface area (Å²) in [6.07, 6.45) is 0. The third-order valence-corrected chi connectivity index (χ3v) is 4.60. The normalized spacial score (nSPS) is 11.4. The van der Waals surface area contributed by atoms with Crippen molar-refractivity contribution < 1.29 is 30.0 Å². The SMILES string of the molecule is OB(O)OC(c1ccccc1)(c1ccccc1)c1cc(O)c(O)c(O)c1Cl. The summed E-state index contributed by atoms with van der Waals surface area (Å²) in [7, 11) is -2.21. The molecule has 0 heterocycles. The molecule has 5 N–H and O–H groups in total. The van der Waals surface area contributed by atoms with Gasteiger partial charge >= 0.3 is 7.32 Å². The third-order valence-electron chi connectivity index (χ3n) is 4.21. The quantitative estimate of drug-likeness (QED) is 0.262. The molecule has 0 aliphatic carbocycles. The largest absolute Gasteiger partial charge is 0.635 e. The Hall–Kier alpha value is -2.71. The molecular formula is C19H16BClO6. The molecule has 3 aromatic carbocycles. The maximum Gasteiger partial charge on any atom is 0.635 e. The van der Waals surface area contributed by atoms with Gasteiger partial charge in [-0.25, -0.2) is 0 Å². The Balaban J connectivity index is 2.44. The lowest BCUT2D eigenvalue weighted by atomic mass is 9.78. The first-order valence-electron chi connectivity index (χ1n) is 7.96. The molecule has 0 aliphatic heterocycles. The monoisotopic (exact) mass is 386 g/mol. The molecule has 0 saturated carbocycles. The number of halogens is 1. The van der Waals surface area contributed by atoms with Gasteiger partial charge in [0.05, 0.1) is 5.02 Å². The van der Waals surface area contributed by atoms with Crippen LogP contribution in [-0.4, -0.2) is 32.7 Å². The summed E-state index contributed by atoms with van der Waals surface area (Å²) in [5.74, 6) is -2.18. The molecule has 0 bridgehead atoms. The highest BCUT2D eigenvalue weighted by Gasteiger charge is 2.43. The Bertz CT molecular complexity index is 894. The first-order valence-corrected chi connectivity index (χ1v) is 8.34. The van der Waals surface area contributed by atoms with Gasteiger partial charge in [0.1, 0.15) is 5.60 Å². The van der Waals surface area contributed by atoms with E-state index in [1.807, 2.05) is 0 Å². The van der Waals surface area contributed by atoms with Crippen LogP contribution in [0.15, 0.2) is 66.7 Å². The highest BCUT2D eigenvalue weighted by atomic mass is 35.5. The van der Waals surface area contributed by atoms with E-state index >= 15 is 0 Å². The molecule has 27 heavy (non-hydrogen) atoms. The summed E-state index contributed by atoms with van der Waals surface area (Å²) < 4.78 is 5.55. The van der Waals surface area contributed by atoms with Crippen molar-refractivity contribution in [2.24, 2.45) is 0 Å². The van der Waals surface area contributed by atoms with Crippen LogP contribution >= 0.6 is 11.6 Å². The fourth-order valence-electron chi connectivity index (χ4n) is 3.06. The van der Waals surface area contributed by atoms with Crippen molar-refractivity contribution in [1.29, 1.82) is 0 Å². The molecule has 138 valence electrons. The Morgan fingerprint density at radius 1 is 0.778 bits per heavy atom. The topological polar surface area (TPSA) is 110 Å². The van der Waals surface area contributed by atoms with E-state index in [1.165, 1.54) is 0 Å². The fraction of sp³-hybridized carbons (Fsp3) is 0.0526. The van der Waals surface area contributed by atoms with Gasteiger partial charge in [0.15, 0.2) is 11.5 Å². The van der Waals surface area contributed by atoms with Gasteiger partial charge in [-0.2, -0.15) is 0 Å². The average molecular weight is 387 g/mol. The predicted molar refractivity (Wildman–Crippen MR) is 100 cm³/mol. The van der Waals surface area contributed by atoms with Crippen LogP contribution in [0, 0.1) is 0 Å². The minimum absolute atomic E-state index is 0.0162. The lowest BCUT2D eigenvalue weighted by molar-refractivity contribution is 0.0811. The Labute approximate surface area is 160 Å². The molecule has 0 aliphatic rings. The smallest absolute Gasteiger partial charge is 0.504 e. The molecule has 0 saturated heterocycles. The van der Waals surface area contributed by atoms with Gasteiger partial charge < -0.3 is 30.0 Å². The Morgan fingerprint density at radius 3 is 1.70 bits per heavy atom. The Kier molecular flexibility index (Phi) is 5.30. The van der Waals surface area contributed by atoms with Gasteiger partial charge in [-0.3, -0.25) is 0 Å². The van der Waals surface area contributed by atoms with Crippen molar-refractivity contribution in [2.45, 2.75) is 5.60 Å². The van der Waals surface area contributed by atoms with Crippen LogP contribution in [-0.2, 0) is 10.3 Å². The number of aromatic hydroxyl groups is 3. The van der Waals surface area contributed by atoms with Crippen LogP contribution in [0.3, 0.4) is 0 Å². The van der Waals surface area contributed by atoms with E-state index in [4.69, 9.17) is 16.3 Å². The second-order valence-corrected chi connectivity index (χ2v) is 6.19. The van der Waals surface area contributed by atoms with Gasteiger partial charge in [-0.05, 0) is 17.2 Å². The summed E-state index contributed by atoms with van der Waals surface area (Å²) in [4.78, 5) is 0. The first-order chi connectivity index (χ1) is 12.9. The Morgan fingerprint density at radius 2 is 1.26 bits per heavy atom. The van der Waals surface area contributed by atoms with E-state index in [-0.39, 0.29) is 10.6 Å². The number of hydrogen-bond acceptors (Lipinski definition) is 6. The van der Waals surface area contributed by atoms with Crippen LogP contribution in [0.2, 0.25) is 5.02 Å². The van der Waals surface area contributed by atoms with E-state index in [1.54, 1.807) is 60.7 Å². The highest BCUT2D eigenvalue weighted by Crippen LogP contribution is 2.51. The second kappa shape index (κ2) is 7.50. The van der Waals surface area contributed by atoms with Gasteiger partial charge in [-0.15, -0.1) is 0 Å². The minimum atomic E-state index is -2.21. The molecular weight excluding hydrogens is 370 g/mol. The molecule has 3 aromatic rings. The third kappa shape index (κ3) is 3.33. The molecule has 0 atom stereocenters. The van der Waals surface area contributed by atoms with Gasteiger partial charge in [0.2, 0.25) is 5.75 Å². The summed E-state index contributed by atoms with van der Waals surface area (Å²) in [6.45, 7) is 0. The molecule has 6 nitrogen and oxygen atoms in total. The lowest BCUT2D eigenvalue weighted by Crippen LogP contribution is -2.39. The fourth-order valence-corrected chi connectivity index (χ4v) is 3.34.